The van der Waals surface area contributed by atoms with E-state index < -0.39 is 36.6 Å². The summed E-state index contributed by atoms with van der Waals surface area (Å²) in [5, 5.41) is 37.3. The first-order valence-corrected chi connectivity index (χ1v) is 3.86. The highest BCUT2D eigenvalue weighted by Crippen LogP contribution is 2.01. The van der Waals surface area contributed by atoms with Crippen LogP contribution >= 0.6 is 0 Å². The zero-order valence-electron chi connectivity index (χ0n) is 7.54. The van der Waals surface area contributed by atoms with Crippen LogP contribution in [0.15, 0.2) is 0 Å². The van der Waals surface area contributed by atoms with Crippen molar-refractivity contribution in [2.24, 2.45) is 0 Å². The van der Waals surface area contributed by atoms with E-state index >= 15 is 0 Å². The second-order valence-corrected chi connectivity index (χ2v) is 2.63. The molecular weight excluding hydrogens is 194 g/mol. The van der Waals surface area contributed by atoms with Gasteiger partial charge in [-0.2, -0.15) is 0 Å². The average Bonchev–Trinajstić information content (AvgIpc) is 2.23. The van der Waals surface area contributed by atoms with Gasteiger partial charge >= 0.3 is 0 Å². The summed E-state index contributed by atoms with van der Waals surface area (Å²) in [6, 6.07) is 0. The Labute approximate surface area is 80.0 Å². The molecule has 0 saturated carbocycles. The lowest BCUT2D eigenvalue weighted by Gasteiger charge is -2.19. The van der Waals surface area contributed by atoms with Gasteiger partial charge in [-0.3, -0.25) is 9.59 Å². The lowest BCUT2D eigenvalue weighted by molar-refractivity contribution is -0.150. The van der Waals surface area contributed by atoms with E-state index in [0.717, 1.165) is 0 Å². The molecule has 0 bridgehead atoms. The summed E-state index contributed by atoms with van der Waals surface area (Å²) in [5.74, 6) is -2.35. The first kappa shape index (κ1) is 13.0. The summed E-state index contributed by atoms with van der Waals surface area (Å²) < 4.78 is 0. The number of ketones is 1. The predicted molar refractivity (Wildman–Crippen MR) is 44.2 cm³/mol. The largest absolute Gasteiger partial charge is 0.394 e. The standard InChI is InChI=1S/C7H13NO6/c1-8-7(14)6(13)5(12)4(11)3(10)2-9/h3-5,9-12H,2H2,1H3,(H,8,14)/t3-,4-,5+/m1/s1. The maximum atomic E-state index is 10.9. The maximum absolute atomic E-state index is 10.9. The molecule has 3 atom stereocenters. The minimum atomic E-state index is -2.04. The minimum Gasteiger partial charge on any atom is -0.394 e. The van der Waals surface area contributed by atoms with Crippen LogP contribution in [0.3, 0.4) is 0 Å². The number of carbonyl (C=O) groups is 2. The van der Waals surface area contributed by atoms with E-state index in [1.54, 1.807) is 0 Å². The molecule has 0 spiro atoms. The fraction of sp³-hybridized carbons (Fsp3) is 0.714. The fourth-order valence-electron chi connectivity index (χ4n) is 0.731. The van der Waals surface area contributed by atoms with Crippen molar-refractivity contribution in [1.82, 2.24) is 5.32 Å². The van der Waals surface area contributed by atoms with Gasteiger partial charge < -0.3 is 25.7 Å². The molecule has 0 rings (SSSR count). The van der Waals surface area contributed by atoms with E-state index in [-0.39, 0.29) is 0 Å². The molecule has 0 fully saturated rings. The van der Waals surface area contributed by atoms with Crippen molar-refractivity contribution >= 4 is 11.7 Å². The SMILES string of the molecule is CNC(=O)C(=O)[C@@H](O)[C@H](O)[C@H](O)CO. The number of rotatable bonds is 5. The Bertz CT molecular complexity index is 218. The zero-order valence-corrected chi connectivity index (χ0v) is 7.54. The first-order valence-electron chi connectivity index (χ1n) is 3.86. The normalized spacial score (nSPS) is 16.9. The van der Waals surface area contributed by atoms with E-state index in [2.05, 4.69) is 0 Å². The molecule has 0 aliphatic heterocycles. The number of Topliss-reactive ketones (excluding diaryl/α,β-unsaturated/α-hetero) is 1. The Hall–Kier alpha value is -1.02. The first-order chi connectivity index (χ1) is 6.45. The van der Waals surface area contributed by atoms with Crippen molar-refractivity contribution in [3.63, 3.8) is 0 Å². The summed E-state index contributed by atoms with van der Waals surface area (Å²) in [5.41, 5.74) is 0. The van der Waals surface area contributed by atoms with Crippen LogP contribution in [0.25, 0.3) is 0 Å². The third-order valence-electron chi connectivity index (χ3n) is 1.62. The highest BCUT2D eigenvalue weighted by molar-refractivity contribution is 6.37. The Morgan fingerprint density at radius 3 is 2.14 bits per heavy atom. The molecule has 82 valence electrons. The van der Waals surface area contributed by atoms with Crippen molar-refractivity contribution in [2.45, 2.75) is 18.3 Å². The van der Waals surface area contributed by atoms with Gasteiger partial charge in [0.25, 0.3) is 11.7 Å². The van der Waals surface area contributed by atoms with Gasteiger partial charge in [-0.1, -0.05) is 0 Å². The van der Waals surface area contributed by atoms with Gasteiger partial charge in [-0.05, 0) is 0 Å². The monoisotopic (exact) mass is 207 g/mol. The van der Waals surface area contributed by atoms with Crippen LogP contribution in [0.1, 0.15) is 0 Å². The molecule has 5 N–H and O–H groups in total. The van der Waals surface area contributed by atoms with Crippen LogP contribution < -0.4 is 5.32 Å². The molecule has 14 heavy (non-hydrogen) atoms. The van der Waals surface area contributed by atoms with Gasteiger partial charge in [-0.25, -0.2) is 0 Å². The number of amides is 1. The molecule has 0 aromatic heterocycles. The number of nitrogens with one attached hydrogen (secondary N) is 1. The topological polar surface area (TPSA) is 127 Å². The predicted octanol–water partition coefficient (Wildman–Crippen LogP) is -3.62. The molecule has 0 heterocycles. The summed E-state index contributed by atoms with van der Waals surface area (Å²) >= 11 is 0. The van der Waals surface area contributed by atoms with Crippen LogP contribution in [0.2, 0.25) is 0 Å². The molecule has 0 aliphatic rings. The van der Waals surface area contributed by atoms with Crippen molar-refractivity contribution in [3.8, 4) is 0 Å². The summed E-state index contributed by atoms with van der Waals surface area (Å²) in [4.78, 5) is 21.6. The zero-order chi connectivity index (χ0) is 11.3. The molecule has 0 aromatic carbocycles. The number of aliphatic hydroxyl groups excluding tert-OH is 4. The quantitative estimate of drug-likeness (QED) is 0.296. The van der Waals surface area contributed by atoms with E-state index in [0.29, 0.717) is 0 Å². The fourth-order valence-corrected chi connectivity index (χ4v) is 0.731. The van der Waals surface area contributed by atoms with Gasteiger partial charge in [0.1, 0.15) is 12.2 Å². The Morgan fingerprint density at radius 1 is 1.29 bits per heavy atom. The molecule has 1 amide bonds. The number of aliphatic hydroxyl groups is 4. The van der Waals surface area contributed by atoms with Crippen LogP contribution in [-0.4, -0.2) is 64.1 Å². The maximum Gasteiger partial charge on any atom is 0.290 e. The van der Waals surface area contributed by atoms with E-state index in [4.69, 9.17) is 20.4 Å². The Balaban J connectivity index is 4.38. The summed E-state index contributed by atoms with van der Waals surface area (Å²) in [6.07, 6.45) is -5.60. The number of hydrogen-bond donors (Lipinski definition) is 5. The summed E-state index contributed by atoms with van der Waals surface area (Å²) in [7, 11) is 1.18. The molecule has 0 aromatic rings. The highest BCUT2D eigenvalue weighted by atomic mass is 16.4. The van der Waals surface area contributed by atoms with Crippen molar-refractivity contribution in [3.05, 3.63) is 0 Å². The van der Waals surface area contributed by atoms with E-state index in [9.17, 15) is 9.59 Å². The van der Waals surface area contributed by atoms with Gasteiger partial charge in [0.05, 0.1) is 6.61 Å². The van der Waals surface area contributed by atoms with Crippen LogP contribution in [0.4, 0.5) is 0 Å². The number of hydrogen-bond acceptors (Lipinski definition) is 6. The van der Waals surface area contributed by atoms with Crippen LogP contribution in [0.5, 0.6) is 0 Å². The van der Waals surface area contributed by atoms with Gasteiger partial charge in [0.15, 0.2) is 6.10 Å². The molecule has 0 unspecified atom stereocenters. The van der Waals surface area contributed by atoms with Crippen LogP contribution in [0, 0.1) is 0 Å². The average molecular weight is 207 g/mol. The minimum absolute atomic E-state index is 0.820. The molecule has 7 nitrogen and oxygen atoms in total. The van der Waals surface area contributed by atoms with E-state index in [1.165, 1.54) is 7.05 Å². The highest BCUT2D eigenvalue weighted by Gasteiger charge is 2.33. The Kier molecular flexibility index (Phi) is 5.24. The third kappa shape index (κ3) is 3.04. The Morgan fingerprint density at radius 2 is 1.79 bits per heavy atom. The van der Waals surface area contributed by atoms with E-state index in [1.807, 2.05) is 5.32 Å². The molecule has 7 heteroatoms. The molecular formula is C7H13NO6. The van der Waals surface area contributed by atoms with Crippen LogP contribution in [-0.2, 0) is 9.59 Å². The molecule has 0 radical (unpaired) electrons. The van der Waals surface area contributed by atoms with Crippen molar-refractivity contribution < 1.29 is 30.0 Å². The number of carbonyl (C=O) groups excluding carboxylic acids is 2. The third-order valence-corrected chi connectivity index (χ3v) is 1.62. The summed E-state index contributed by atoms with van der Waals surface area (Å²) in [6.45, 7) is -0.820. The second-order valence-electron chi connectivity index (χ2n) is 2.63. The smallest absolute Gasteiger partial charge is 0.290 e. The van der Waals surface area contributed by atoms with Gasteiger partial charge in [0, 0.05) is 7.05 Å². The van der Waals surface area contributed by atoms with Gasteiger partial charge in [-0.15, -0.1) is 0 Å². The number of likely N-dealkylation sites (N-methyl/N-ethyl adjacent to an activating group) is 1. The van der Waals surface area contributed by atoms with Gasteiger partial charge in [0.2, 0.25) is 0 Å². The molecule has 0 aliphatic carbocycles. The lowest BCUT2D eigenvalue weighted by Crippen LogP contribution is -2.48. The lowest BCUT2D eigenvalue weighted by atomic mass is 10.0. The second kappa shape index (κ2) is 5.66. The van der Waals surface area contributed by atoms with Crippen molar-refractivity contribution in [2.75, 3.05) is 13.7 Å². The van der Waals surface area contributed by atoms with Crippen molar-refractivity contribution in [1.29, 1.82) is 0 Å². The molecule has 0 saturated heterocycles.